The maximum atomic E-state index is 11.9. The molecule has 2 heterocycles. The number of aliphatic hydroxyl groups is 1. The maximum absolute atomic E-state index is 11.9. The van der Waals surface area contributed by atoms with Crippen molar-refractivity contribution in [1.29, 1.82) is 0 Å². The number of anilines is 2. The molecule has 186 valence electrons. The Labute approximate surface area is 213 Å². The van der Waals surface area contributed by atoms with Crippen LogP contribution in [0.5, 0.6) is 11.5 Å². The largest absolute Gasteiger partial charge is 0.491 e. The smallest absolute Gasteiger partial charge is 0.250 e. The molecule has 9 nitrogen and oxygen atoms in total. The molecule has 0 aliphatic rings. The number of aromatic nitrogens is 3. The van der Waals surface area contributed by atoms with Crippen LogP contribution in [-0.4, -0.2) is 57.2 Å². The minimum atomic E-state index is -1.06. The molecule has 0 saturated carbocycles. The highest BCUT2D eigenvalue weighted by atomic mass is 35.5. The Bertz CT molecular complexity index is 1330. The number of pyridine rings is 1. The first-order valence-electron chi connectivity index (χ1n) is 11.3. The van der Waals surface area contributed by atoms with E-state index in [4.69, 9.17) is 21.1 Å². The number of rotatable bonds is 10. The van der Waals surface area contributed by atoms with Crippen LogP contribution in [0, 0.1) is 0 Å². The Morgan fingerprint density at radius 2 is 1.94 bits per heavy atom. The van der Waals surface area contributed by atoms with Crippen molar-refractivity contribution in [3.8, 4) is 11.5 Å². The standard InChI is InChI=1S/C26H26ClN5O4/c1-17(33)26(34)32(2)12-13-35-23-8-5-7-21-24(23)25(30-16-29-21)31-18-9-10-22(20(27)14-18)36-15-19-6-3-4-11-28-19/h3-11,14,16-17,33H,12-13,15H2,1-2H3,(H,29,30,31). The average Bonchev–Trinajstić information content (AvgIpc) is 2.88. The van der Waals surface area contributed by atoms with Gasteiger partial charge in [0.1, 0.15) is 43.0 Å². The van der Waals surface area contributed by atoms with Crippen LogP contribution < -0.4 is 14.8 Å². The fourth-order valence-corrected chi connectivity index (χ4v) is 3.72. The van der Waals surface area contributed by atoms with Gasteiger partial charge in [0.25, 0.3) is 5.91 Å². The predicted octanol–water partition coefficient (Wildman–Crippen LogP) is 4.22. The number of carbonyl (C=O) groups excluding carboxylic acids is 1. The minimum Gasteiger partial charge on any atom is -0.491 e. The number of amides is 1. The van der Waals surface area contributed by atoms with Gasteiger partial charge in [0.05, 0.1) is 28.2 Å². The van der Waals surface area contributed by atoms with Crippen LogP contribution in [0.15, 0.2) is 67.1 Å². The van der Waals surface area contributed by atoms with Crippen LogP contribution in [0.1, 0.15) is 12.6 Å². The summed E-state index contributed by atoms with van der Waals surface area (Å²) < 4.78 is 11.8. The normalized spacial score (nSPS) is 11.7. The first-order valence-corrected chi connectivity index (χ1v) is 11.7. The highest BCUT2D eigenvalue weighted by molar-refractivity contribution is 6.32. The Morgan fingerprint density at radius 3 is 2.69 bits per heavy atom. The van der Waals surface area contributed by atoms with Crippen LogP contribution in [0.3, 0.4) is 0 Å². The fourth-order valence-electron chi connectivity index (χ4n) is 3.48. The second-order valence-electron chi connectivity index (χ2n) is 8.04. The van der Waals surface area contributed by atoms with Gasteiger partial charge in [0.15, 0.2) is 0 Å². The number of fused-ring (bicyclic) bond motifs is 1. The quantitative estimate of drug-likeness (QED) is 0.328. The van der Waals surface area contributed by atoms with Crippen LogP contribution in [0.2, 0.25) is 5.02 Å². The highest BCUT2D eigenvalue weighted by Crippen LogP contribution is 2.34. The van der Waals surface area contributed by atoms with Crippen molar-refractivity contribution in [3.63, 3.8) is 0 Å². The number of halogens is 1. The second-order valence-corrected chi connectivity index (χ2v) is 8.44. The molecule has 1 unspecified atom stereocenters. The van der Waals surface area contributed by atoms with Gasteiger partial charge in [-0.3, -0.25) is 9.78 Å². The molecule has 4 aromatic rings. The van der Waals surface area contributed by atoms with E-state index >= 15 is 0 Å². The molecule has 36 heavy (non-hydrogen) atoms. The molecule has 2 aromatic carbocycles. The van der Waals surface area contributed by atoms with E-state index in [0.717, 1.165) is 5.69 Å². The molecule has 0 spiro atoms. The number of hydrogen-bond donors (Lipinski definition) is 2. The van der Waals surface area contributed by atoms with E-state index in [1.807, 2.05) is 42.5 Å². The number of nitrogens with zero attached hydrogens (tertiary/aromatic N) is 4. The lowest BCUT2D eigenvalue weighted by molar-refractivity contribution is -0.138. The molecule has 0 radical (unpaired) electrons. The summed E-state index contributed by atoms with van der Waals surface area (Å²) in [5.41, 5.74) is 2.21. The summed E-state index contributed by atoms with van der Waals surface area (Å²) in [4.78, 5) is 26.3. The highest BCUT2D eigenvalue weighted by Gasteiger charge is 2.15. The summed E-state index contributed by atoms with van der Waals surface area (Å²) in [6, 6.07) is 16.5. The van der Waals surface area contributed by atoms with E-state index in [2.05, 4.69) is 20.3 Å². The monoisotopic (exact) mass is 507 g/mol. The molecule has 0 aliphatic heterocycles. The van der Waals surface area contributed by atoms with Crippen molar-refractivity contribution < 1.29 is 19.4 Å². The van der Waals surface area contributed by atoms with Crippen LogP contribution in [-0.2, 0) is 11.4 Å². The molecule has 2 aromatic heterocycles. The van der Waals surface area contributed by atoms with E-state index < -0.39 is 6.10 Å². The second kappa shape index (κ2) is 11.7. The summed E-state index contributed by atoms with van der Waals surface area (Å²) in [6.45, 7) is 2.29. The Morgan fingerprint density at radius 1 is 1.08 bits per heavy atom. The van der Waals surface area contributed by atoms with Crippen molar-refractivity contribution in [3.05, 3.63) is 77.8 Å². The molecule has 0 bridgehead atoms. The van der Waals surface area contributed by atoms with E-state index in [1.165, 1.54) is 18.2 Å². The van der Waals surface area contributed by atoms with Crippen molar-refractivity contribution >= 4 is 39.9 Å². The minimum absolute atomic E-state index is 0.233. The molecule has 2 N–H and O–H groups in total. The maximum Gasteiger partial charge on any atom is 0.250 e. The zero-order valence-corrected chi connectivity index (χ0v) is 20.6. The van der Waals surface area contributed by atoms with Crippen molar-refractivity contribution in [2.75, 3.05) is 25.5 Å². The molecule has 4 rings (SSSR count). The number of ether oxygens (including phenoxy) is 2. The van der Waals surface area contributed by atoms with E-state index in [9.17, 15) is 9.90 Å². The van der Waals surface area contributed by atoms with Gasteiger partial charge < -0.3 is 24.8 Å². The molecular formula is C26H26ClN5O4. The lowest BCUT2D eigenvalue weighted by atomic mass is 10.2. The van der Waals surface area contributed by atoms with E-state index in [-0.39, 0.29) is 12.5 Å². The fraction of sp³-hybridized carbons (Fsp3) is 0.231. The predicted molar refractivity (Wildman–Crippen MR) is 138 cm³/mol. The van der Waals surface area contributed by atoms with Gasteiger partial charge in [-0.1, -0.05) is 23.7 Å². The van der Waals surface area contributed by atoms with Crippen molar-refractivity contribution in [2.24, 2.45) is 0 Å². The van der Waals surface area contributed by atoms with Gasteiger partial charge in [0.2, 0.25) is 0 Å². The SMILES string of the molecule is CC(O)C(=O)N(C)CCOc1cccc2ncnc(Nc3ccc(OCc4ccccn4)c(Cl)c3)c12. The first kappa shape index (κ1) is 25.2. The third-order valence-electron chi connectivity index (χ3n) is 5.34. The zero-order chi connectivity index (χ0) is 25.5. The summed E-state index contributed by atoms with van der Waals surface area (Å²) in [7, 11) is 1.62. The number of hydrogen-bond acceptors (Lipinski definition) is 8. The van der Waals surface area contributed by atoms with E-state index in [1.54, 1.807) is 25.4 Å². The number of nitrogens with one attached hydrogen (secondary N) is 1. The van der Waals surface area contributed by atoms with Gasteiger partial charge in [-0.15, -0.1) is 0 Å². The molecule has 0 fully saturated rings. The molecule has 10 heteroatoms. The van der Waals surface area contributed by atoms with Crippen molar-refractivity contribution in [2.45, 2.75) is 19.6 Å². The summed E-state index contributed by atoms with van der Waals surface area (Å²) in [6.07, 6.45) is 2.12. The number of likely N-dealkylation sites (N-methyl/N-ethyl adjacent to an activating group) is 1. The first-order chi connectivity index (χ1) is 17.4. The molecule has 0 aliphatic carbocycles. The van der Waals surface area contributed by atoms with Gasteiger partial charge in [-0.05, 0) is 49.4 Å². The van der Waals surface area contributed by atoms with Crippen LogP contribution >= 0.6 is 11.6 Å². The third-order valence-corrected chi connectivity index (χ3v) is 5.63. The molecule has 1 atom stereocenters. The lowest BCUT2D eigenvalue weighted by Crippen LogP contribution is -2.37. The summed E-state index contributed by atoms with van der Waals surface area (Å²) in [5, 5.41) is 13.9. The van der Waals surface area contributed by atoms with Crippen LogP contribution in [0.4, 0.5) is 11.5 Å². The molecule has 1 amide bonds. The third kappa shape index (κ3) is 6.18. The Kier molecular flexibility index (Phi) is 8.14. The average molecular weight is 508 g/mol. The number of aliphatic hydroxyl groups excluding tert-OH is 1. The van der Waals surface area contributed by atoms with Gasteiger partial charge >= 0.3 is 0 Å². The molecule has 0 saturated heterocycles. The van der Waals surface area contributed by atoms with Gasteiger partial charge in [-0.2, -0.15) is 0 Å². The Balaban J connectivity index is 1.48. The van der Waals surface area contributed by atoms with Crippen LogP contribution in [0.25, 0.3) is 10.9 Å². The summed E-state index contributed by atoms with van der Waals surface area (Å²) >= 11 is 6.46. The van der Waals surface area contributed by atoms with E-state index in [0.29, 0.717) is 52.1 Å². The van der Waals surface area contributed by atoms with Gasteiger partial charge in [-0.25, -0.2) is 9.97 Å². The topological polar surface area (TPSA) is 110 Å². The number of benzene rings is 2. The number of carbonyl (C=O) groups is 1. The van der Waals surface area contributed by atoms with Crippen molar-refractivity contribution in [1.82, 2.24) is 19.9 Å². The summed E-state index contributed by atoms with van der Waals surface area (Å²) in [5.74, 6) is 1.28. The molecular weight excluding hydrogens is 482 g/mol. The van der Waals surface area contributed by atoms with Gasteiger partial charge in [0, 0.05) is 18.9 Å². The lowest BCUT2D eigenvalue weighted by Gasteiger charge is -2.19. The zero-order valence-electron chi connectivity index (χ0n) is 19.9. The Hall–Kier alpha value is -3.95.